The highest BCUT2D eigenvalue weighted by Crippen LogP contribution is 2.13. The number of sulfonamides is 1. The molecule has 2 N–H and O–H groups in total. The summed E-state index contributed by atoms with van der Waals surface area (Å²) in [6, 6.07) is 14.6. The minimum atomic E-state index is -3.43. The standard InChI is InChI=1S/C19H25N3O3S/c1-20-26(24,25)18-11-6-15(7-12-18)8-13-19(23)21-14-16-4-9-17(10-5-16)22(2)3/h4-7,9-12,20H,8,13-14H2,1-3H3,(H,21,23). The fourth-order valence-corrected chi connectivity index (χ4v) is 3.14. The summed E-state index contributed by atoms with van der Waals surface area (Å²) in [5.74, 6) is -0.0337. The van der Waals surface area contributed by atoms with E-state index in [9.17, 15) is 13.2 Å². The smallest absolute Gasteiger partial charge is 0.240 e. The largest absolute Gasteiger partial charge is 0.378 e. The van der Waals surface area contributed by atoms with Crippen LogP contribution in [0.4, 0.5) is 5.69 Å². The van der Waals surface area contributed by atoms with Crippen molar-refractivity contribution in [2.45, 2.75) is 24.3 Å². The van der Waals surface area contributed by atoms with E-state index in [0.29, 0.717) is 19.4 Å². The molecule has 0 radical (unpaired) electrons. The molecule has 26 heavy (non-hydrogen) atoms. The number of aryl methyl sites for hydroxylation is 1. The number of nitrogens with one attached hydrogen (secondary N) is 2. The average molecular weight is 375 g/mol. The first-order chi connectivity index (χ1) is 12.3. The zero-order chi connectivity index (χ0) is 19.2. The maximum atomic E-state index is 12.0. The van der Waals surface area contributed by atoms with Crippen LogP contribution >= 0.6 is 0 Å². The van der Waals surface area contributed by atoms with E-state index in [2.05, 4.69) is 10.0 Å². The predicted molar refractivity (Wildman–Crippen MR) is 104 cm³/mol. The van der Waals surface area contributed by atoms with Gasteiger partial charge in [-0.2, -0.15) is 0 Å². The summed E-state index contributed by atoms with van der Waals surface area (Å²) in [4.78, 5) is 14.3. The molecule has 2 aromatic rings. The molecule has 0 aliphatic heterocycles. The summed E-state index contributed by atoms with van der Waals surface area (Å²) in [5.41, 5.74) is 3.08. The molecule has 0 bridgehead atoms. The Morgan fingerprint density at radius 2 is 1.54 bits per heavy atom. The minimum Gasteiger partial charge on any atom is -0.378 e. The van der Waals surface area contributed by atoms with Crippen molar-refractivity contribution in [3.05, 3.63) is 59.7 Å². The van der Waals surface area contributed by atoms with Crippen LogP contribution in [0.3, 0.4) is 0 Å². The van der Waals surface area contributed by atoms with E-state index in [-0.39, 0.29) is 10.8 Å². The fourth-order valence-electron chi connectivity index (χ4n) is 2.41. The highest BCUT2D eigenvalue weighted by molar-refractivity contribution is 7.89. The highest BCUT2D eigenvalue weighted by atomic mass is 32.2. The molecule has 0 atom stereocenters. The van der Waals surface area contributed by atoms with Gasteiger partial charge < -0.3 is 10.2 Å². The van der Waals surface area contributed by atoms with Crippen molar-refractivity contribution < 1.29 is 13.2 Å². The number of amides is 1. The molecule has 2 rings (SSSR count). The quantitative estimate of drug-likeness (QED) is 0.739. The van der Waals surface area contributed by atoms with Crippen LogP contribution in [0, 0.1) is 0 Å². The number of nitrogens with zero attached hydrogens (tertiary/aromatic N) is 1. The van der Waals surface area contributed by atoms with Crippen molar-refractivity contribution in [1.29, 1.82) is 0 Å². The van der Waals surface area contributed by atoms with Gasteiger partial charge in [-0.3, -0.25) is 4.79 Å². The molecule has 0 aromatic heterocycles. The van der Waals surface area contributed by atoms with Crippen LogP contribution in [0.2, 0.25) is 0 Å². The number of hydrogen-bond acceptors (Lipinski definition) is 4. The second-order valence-electron chi connectivity index (χ2n) is 6.19. The lowest BCUT2D eigenvalue weighted by Gasteiger charge is -2.13. The van der Waals surface area contributed by atoms with E-state index in [0.717, 1.165) is 16.8 Å². The second kappa shape index (κ2) is 8.82. The maximum Gasteiger partial charge on any atom is 0.240 e. The lowest BCUT2D eigenvalue weighted by molar-refractivity contribution is -0.121. The Morgan fingerprint density at radius 3 is 2.08 bits per heavy atom. The topological polar surface area (TPSA) is 78.5 Å². The molecule has 7 heteroatoms. The monoisotopic (exact) mass is 375 g/mol. The molecule has 0 aliphatic rings. The van der Waals surface area contributed by atoms with Crippen LogP contribution < -0.4 is 14.9 Å². The first-order valence-electron chi connectivity index (χ1n) is 8.37. The number of rotatable bonds is 8. The Balaban J connectivity index is 1.81. The van der Waals surface area contributed by atoms with Crippen LogP contribution in [0.25, 0.3) is 0 Å². The van der Waals surface area contributed by atoms with Crippen LogP contribution in [-0.4, -0.2) is 35.5 Å². The summed E-state index contributed by atoms with van der Waals surface area (Å²) in [6.07, 6.45) is 0.916. The van der Waals surface area contributed by atoms with Crippen molar-refractivity contribution in [1.82, 2.24) is 10.0 Å². The Bertz CT molecular complexity index is 829. The van der Waals surface area contributed by atoms with Crippen molar-refractivity contribution >= 4 is 21.6 Å². The zero-order valence-corrected chi connectivity index (χ0v) is 16.1. The third-order valence-corrected chi connectivity index (χ3v) is 5.52. The summed E-state index contributed by atoms with van der Waals surface area (Å²) >= 11 is 0. The van der Waals surface area contributed by atoms with Gasteiger partial charge in [-0.05, 0) is 48.9 Å². The van der Waals surface area contributed by atoms with Gasteiger partial charge in [0.15, 0.2) is 0 Å². The Kier molecular flexibility index (Phi) is 6.76. The lowest BCUT2D eigenvalue weighted by Crippen LogP contribution is -2.23. The van der Waals surface area contributed by atoms with E-state index >= 15 is 0 Å². The molecular formula is C19H25N3O3S. The van der Waals surface area contributed by atoms with Gasteiger partial charge in [-0.25, -0.2) is 13.1 Å². The molecule has 0 aliphatic carbocycles. The maximum absolute atomic E-state index is 12.0. The van der Waals surface area contributed by atoms with Crippen LogP contribution in [0.5, 0.6) is 0 Å². The number of carbonyl (C=O) groups is 1. The van der Waals surface area contributed by atoms with Gasteiger partial charge in [0.25, 0.3) is 0 Å². The number of carbonyl (C=O) groups excluding carboxylic acids is 1. The van der Waals surface area contributed by atoms with Gasteiger partial charge in [-0.1, -0.05) is 24.3 Å². The normalized spacial score (nSPS) is 11.2. The summed E-state index contributed by atoms with van der Waals surface area (Å²) < 4.78 is 25.6. The molecule has 2 aromatic carbocycles. The number of benzene rings is 2. The van der Waals surface area contributed by atoms with Gasteiger partial charge >= 0.3 is 0 Å². The minimum absolute atomic E-state index is 0.0337. The van der Waals surface area contributed by atoms with Crippen molar-refractivity contribution in [3.63, 3.8) is 0 Å². The molecule has 0 saturated heterocycles. The third-order valence-electron chi connectivity index (χ3n) is 4.09. The van der Waals surface area contributed by atoms with Crippen LogP contribution in [-0.2, 0) is 27.8 Å². The van der Waals surface area contributed by atoms with Gasteiger partial charge in [0, 0.05) is 32.7 Å². The molecular weight excluding hydrogens is 350 g/mol. The molecule has 1 amide bonds. The van der Waals surface area contributed by atoms with Crippen LogP contribution in [0.15, 0.2) is 53.4 Å². The summed E-state index contributed by atoms with van der Waals surface area (Å²) in [6.45, 7) is 0.492. The van der Waals surface area contributed by atoms with E-state index in [1.807, 2.05) is 43.3 Å². The molecule has 0 unspecified atom stereocenters. The fraction of sp³-hybridized carbons (Fsp3) is 0.316. The molecule has 0 heterocycles. The first-order valence-corrected chi connectivity index (χ1v) is 9.85. The van der Waals surface area contributed by atoms with Gasteiger partial charge in [-0.15, -0.1) is 0 Å². The average Bonchev–Trinajstić information content (AvgIpc) is 2.65. The van der Waals surface area contributed by atoms with E-state index in [1.165, 1.54) is 7.05 Å². The van der Waals surface area contributed by atoms with Crippen LogP contribution in [0.1, 0.15) is 17.5 Å². The number of hydrogen-bond donors (Lipinski definition) is 2. The molecule has 140 valence electrons. The molecule has 0 saturated carbocycles. The summed E-state index contributed by atoms with van der Waals surface area (Å²) in [7, 11) is 1.92. The van der Waals surface area contributed by atoms with E-state index in [4.69, 9.17) is 0 Å². The second-order valence-corrected chi connectivity index (χ2v) is 8.08. The third kappa shape index (κ3) is 5.57. The highest BCUT2D eigenvalue weighted by Gasteiger charge is 2.10. The van der Waals surface area contributed by atoms with E-state index < -0.39 is 10.0 Å². The Labute approximate surface area is 155 Å². The van der Waals surface area contributed by atoms with E-state index in [1.54, 1.807) is 24.3 Å². The van der Waals surface area contributed by atoms with Crippen molar-refractivity contribution in [3.8, 4) is 0 Å². The molecule has 0 spiro atoms. The van der Waals surface area contributed by atoms with Gasteiger partial charge in [0.05, 0.1) is 4.90 Å². The number of anilines is 1. The van der Waals surface area contributed by atoms with Crippen molar-refractivity contribution in [2.24, 2.45) is 0 Å². The Hall–Kier alpha value is -2.38. The summed E-state index contributed by atoms with van der Waals surface area (Å²) in [5, 5.41) is 2.90. The SMILES string of the molecule is CNS(=O)(=O)c1ccc(CCC(=O)NCc2ccc(N(C)C)cc2)cc1. The lowest BCUT2D eigenvalue weighted by atomic mass is 10.1. The van der Waals surface area contributed by atoms with Gasteiger partial charge in [0.2, 0.25) is 15.9 Å². The van der Waals surface area contributed by atoms with Crippen molar-refractivity contribution in [2.75, 3.05) is 26.0 Å². The first kappa shape index (κ1) is 19.9. The van der Waals surface area contributed by atoms with Gasteiger partial charge in [0.1, 0.15) is 0 Å². The zero-order valence-electron chi connectivity index (χ0n) is 15.3. The molecule has 0 fully saturated rings. The predicted octanol–water partition coefficient (Wildman–Crippen LogP) is 1.91. The molecule has 6 nitrogen and oxygen atoms in total. The Morgan fingerprint density at radius 1 is 0.962 bits per heavy atom.